The molecule has 0 aliphatic carbocycles. The second-order valence-corrected chi connectivity index (χ2v) is 6.21. The van der Waals surface area contributed by atoms with Crippen molar-refractivity contribution in [3.8, 4) is 6.07 Å². The molecule has 5 heteroatoms. The summed E-state index contributed by atoms with van der Waals surface area (Å²) in [5.74, 6) is 0.322. The fraction of sp³-hybridized carbons (Fsp3) is 0.333. The zero-order valence-electron chi connectivity index (χ0n) is 13.0. The average molecular weight is 306 g/mol. The Hall–Kier alpha value is -2.58. The largest absolute Gasteiger partial charge is 0.444 e. The smallest absolute Gasteiger partial charge is 0.204 e. The van der Waals surface area contributed by atoms with E-state index in [0.717, 1.165) is 47.9 Å². The molecule has 0 bridgehead atoms. The van der Waals surface area contributed by atoms with Crippen LogP contribution in [0.25, 0.3) is 21.9 Å². The molecule has 1 fully saturated rings. The average Bonchev–Trinajstić information content (AvgIpc) is 3.00. The van der Waals surface area contributed by atoms with E-state index in [1.165, 1.54) is 0 Å². The van der Waals surface area contributed by atoms with E-state index in [4.69, 9.17) is 9.68 Å². The Bertz CT molecular complexity index is 900. The highest BCUT2D eigenvalue weighted by atomic mass is 16.3. The topological polar surface area (TPSA) is 65.1 Å². The Morgan fingerprint density at radius 1 is 1.26 bits per heavy atom. The highest BCUT2D eigenvalue weighted by molar-refractivity contribution is 6.04. The van der Waals surface area contributed by atoms with Gasteiger partial charge in [0.25, 0.3) is 0 Å². The summed E-state index contributed by atoms with van der Waals surface area (Å²) in [5.41, 5.74) is 2.67. The van der Waals surface area contributed by atoms with Crippen LogP contribution in [0.15, 0.2) is 34.9 Å². The maximum Gasteiger partial charge on any atom is 0.204 e. The van der Waals surface area contributed by atoms with Crippen molar-refractivity contribution in [1.82, 2.24) is 9.88 Å². The van der Waals surface area contributed by atoms with Gasteiger partial charge >= 0.3 is 0 Å². The van der Waals surface area contributed by atoms with E-state index in [2.05, 4.69) is 40.4 Å². The third kappa shape index (κ3) is 2.62. The van der Waals surface area contributed by atoms with Gasteiger partial charge in [-0.3, -0.25) is 4.98 Å². The molecule has 0 amide bonds. The molecule has 1 aliphatic rings. The summed E-state index contributed by atoms with van der Waals surface area (Å²) in [4.78, 5) is 6.84. The maximum absolute atomic E-state index is 8.98. The number of fused-ring (bicyclic) bond motifs is 3. The van der Waals surface area contributed by atoms with Gasteiger partial charge in [0, 0.05) is 28.6 Å². The van der Waals surface area contributed by atoms with Crippen LogP contribution in [0.3, 0.4) is 0 Å². The lowest BCUT2D eigenvalue weighted by atomic mass is 10.0. The summed E-state index contributed by atoms with van der Waals surface area (Å²) < 4.78 is 5.44. The minimum absolute atomic E-state index is 0.322. The molecule has 0 atom stereocenters. The van der Waals surface area contributed by atoms with Crippen molar-refractivity contribution >= 4 is 27.6 Å². The molecule has 2 aromatic heterocycles. The molecule has 0 radical (unpaired) electrons. The van der Waals surface area contributed by atoms with Gasteiger partial charge in [0.15, 0.2) is 5.58 Å². The maximum atomic E-state index is 8.98. The van der Waals surface area contributed by atoms with E-state index in [9.17, 15) is 0 Å². The second kappa shape index (κ2) is 5.56. The third-order valence-electron chi connectivity index (χ3n) is 4.57. The minimum atomic E-state index is 0.322. The lowest BCUT2D eigenvalue weighted by Gasteiger charge is -2.30. The molecule has 4 rings (SSSR count). The summed E-state index contributed by atoms with van der Waals surface area (Å²) in [6, 6.07) is 10.6. The zero-order valence-corrected chi connectivity index (χ0v) is 13.0. The molecule has 3 heterocycles. The summed E-state index contributed by atoms with van der Waals surface area (Å²) in [5, 5.41) is 14.6. The summed E-state index contributed by atoms with van der Waals surface area (Å²) >= 11 is 0. The van der Waals surface area contributed by atoms with Crippen molar-refractivity contribution in [2.24, 2.45) is 0 Å². The van der Waals surface area contributed by atoms with Crippen LogP contribution >= 0.6 is 0 Å². The number of anilines is 1. The van der Waals surface area contributed by atoms with Crippen LogP contribution in [0.5, 0.6) is 0 Å². The lowest BCUT2D eigenvalue weighted by molar-refractivity contribution is 0.264. The molecule has 3 aromatic rings. The highest BCUT2D eigenvalue weighted by Gasteiger charge is 2.16. The van der Waals surface area contributed by atoms with Gasteiger partial charge in [-0.2, -0.15) is 5.26 Å². The molecule has 1 aromatic carbocycles. The number of nitrogens with zero attached hydrogens (tertiary/aromatic N) is 3. The predicted molar refractivity (Wildman–Crippen MR) is 90.4 cm³/mol. The van der Waals surface area contributed by atoms with Crippen LogP contribution in [0, 0.1) is 11.3 Å². The van der Waals surface area contributed by atoms with Crippen LogP contribution in [0.4, 0.5) is 5.69 Å². The van der Waals surface area contributed by atoms with Gasteiger partial charge in [0.1, 0.15) is 6.07 Å². The minimum Gasteiger partial charge on any atom is -0.444 e. The Morgan fingerprint density at radius 2 is 2.09 bits per heavy atom. The van der Waals surface area contributed by atoms with Crippen molar-refractivity contribution < 1.29 is 4.42 Å². The molecular weight excluding hydrogens is 288 g/mol. The van der Waals surface area contributed by atoms with Gasteiger partial charge in [0.2, 0.25) is 5.76 Å². The Labute approximate surface area is 134 Å². The fourth-order valence-corrected chi connectivity index (χ4v) is 3.24. The van der Waals surface area contributed by atoms with Crippen LogP contribution < -0.4 is 5.32 Å². The van der Waals surface area contributed by atoms with Gasteiger partial charge in [-0.05, 0) is 45.1 Å². The van der Waals surface area contributed by atoms with Crippen LogP contribution in [0.2, 0.25) is 0 Å². The molecule has 23 heavy (non-hydrogen) atoms. The van der Waals surface area contributed by atoms with Crippen molar-refractivity contribution in [3.05, 3.63) is 36.2 Å². The van der Waals surface area contributed by atoms with Gasteiger partial charge in [-0.25, -0.2) is 0 Å². The van der Waals surface area contributed by atoms with Gasteiger partial charge in [0.05, 0.1) is 11.7 Å². The Balaban J connectivity index is 1.65. The van der Waals surface area contributed by atoms with Crippen LogP contribution in [-0.2, 0) is 0 Å². The number of piperidine rings is 1. The predicted octanol–water partition coefficient (Wildman–Crippen LogP) is 3.36. The number of benzene rings is 1. The zero-order chi connectivity index (χ0) is 15.8. The quantitative estimate of drug-likeness (QED) is 0.786. The molecule has 0 unspecified atom stereocenters. The van der Waals surface area contributed by atoms with E-state index >= 15 is 0 Å². The number of rotatable bonds is 2. The fourth-order valence-electron chi connectivity index (χ4n) is 3.24. The molecule has 1 aliphatic heterocycles. The first kappa shape index (κ1) is 14.0. The lowest BCUT2D eigenvalue weighted by Crippen LogP contribution is -2.36. The van der Waals surface area contributed by atoms with Crippen molar-refractivity contribution in [2.45, 2.75) is 18.9 Å². The third-order valence-corrected chi connectivity index (χ3v) is 4.57. The highest BCUT2D eigenvalue weighted by Crippen LogP contribution is 2.28. The van der Waals surface area contributed by atoms with E-state index in [1.807, 2.05) is 6.07 Å². The van der Waals surface area contributed by atoms with E-state index in [-0.39, 0.29) is 0 Å². The summed E-state index contributed by atoms with van der Waals surface area (Å²) in [6.07, 6.45) is 4.01. The van der Waals surface area contributed by atoms with Crippen LogP contribution in [-0.4, -0.2) is 36.1 Å². The molecular formula is C18H18N4O. The second-order valence-electron chi connectivity index (χ2n) is 6.21. The van der Waals surface area contributed by atoms with E-state index in [0.29, 0.717) is 17.4 Å². The summed E-state index contributed by atoms with van der Waals surface area (Å²) in [6.45, 7) is 2.27. The number of hydrogen-bond donors (Lipinski definition) is 1. The molecule has 0 saturated carbocycles. The first-order valence-corrected chi connectivity index (χ1v) is 7.90. The Morgan fingerprint density at radius 3 is 2.87 bits per heavy atom. The van der Waals surface area contributed by atoms with Gasteiger partial charge < -0.3 is 14.6 Å². The van der Waals surface area contributed by atoms with E-state index < -0.39 is 0 Å². The number of nitriles is 1. The Kier molecular flexibility index (Phi) is 3.40. The molecule has 1 saturated heterocycles. The SMILES string of the molecule is CN1CCC(Nc2ccc3c(c2)ncc2oc(C#N)cc23)CC1. The monoisotopic (exact) mass is 306 g/mol. The number of furan rings is 1. The number of nitrogens with one attached hydrogen (secondary N) is 1. The molecule has 1 N–H and O–H groups in total. The molecule has 116 valence electrons. The van der Waals surface area contributed by atoms with Crippen molar-refractivity contribution in [1.29, 1.82) is 5.26 Å². The van der Waals surface area contributed by atoms with E-state index in [1.54, 1.807) is 12.3 Å². The number of likely N-dealkylation sites (tertiary alicyclic amines) is 1. The first-order valence-electron chi connectivity index (χ1n) is 7.90. The van der Waals surface area contributed by atoms with Crippen molar-refractivity contribution in [2.75, 3.05) is 25.5 Å². The molecule has 5 nitrogen and oxygen atoms in total. The number of hydrogen-bond acceptors (Lipinski definition) is 5. The standard InChI is InChI=1S/C18H18N4O/c1-22-6-4-12(5-7-22)21-13-2-3-15-16-9-14(10-19)23-18(16)11-20-17(15)8-13/h2-3,8-9,11-12,21H,4-7H2,1H3. The summed E-state index contributed by atoms with van der Waals surface area (Å²) in [7, 11) is 2.17. The van der Waals surface area contributed by atoms with Gasteiger partial charge in [-0.1, -0.05) is 6.07 Å². The number of pyridine rings is 1. The first-order chi connectivity index (χ1) is 11.2. The normalized spacial score (nSPS) is 16.7. The van der Waals surface area contributed by atoms with Crippen molar-refractivity contribution in [3.63, 3.8) is 0 Å². The van der Waals surface area contributed by atoms with Gasteiger partial charge in [-0.15, -0.1) is 0 Å². The number of aromatic nitrogens is 1. The molecule has 0 spiro atoms. The van der Waals surface area contributed by atoms with Crippen LogP contribution in [0.1, 0.15) is 18.6 Å².